The van der Waals surface area contributed by atoms with Gasteiger partial charge >= 0.3 is 0 Å². The number of aryl methyl sites for hydroxylation is 1. The first-order valence-corrected chi connectivity index (χ1v) is 11.0. The van der Waals surface area contributed by atoms with Crippen molar-refractivity contribution in [2.75, 3.05) is 44.6 Å². The molecule has 1 aliphatic heterocycles. The van der Waals surface area contributed by atoms with Gasteiger partial charge in [0.2, 0.25) is 0 Å². The van der Waals surface area contributed by atoms with Gasteiger partial charge in [0.25, 0.3) is 0 Å². The van der Waals surface area contributed by atoms with E-state index in [2.05, 4.69) is 69.7 Å². The molecule has 3 heterocycles. The van der Waals surface area contributed by atoms with Gasteiger partial charge in [-0.25, -0.2) is 9.97 Å². The third kappa shape index (κ3) is 4.04. The number of piperazine rings is 1. The molecule has 1 saturated heterocycles. The van der Waals surface area contributed by atoms with E-state index in [9.17, 15) is 0 Å². The number of aromatic nitrogens is 2. The van der Waals surface area contributed by atoms with Gasteiger partial charge in [0.1, 0.15) is 16.5 Å². The molecule has 0 amide bonds. The fourth-order valence-corrected chi connectivity index (χ4v) is 4.89. The standard InChI is InChI=1S/C22H29N5S/c1-4-26-10-12-27(13-11-26)16(2)14-23-21-20-19(18-8-6-5-7-9-18)15-28-22(20)25-17(3)24-21/h5-9,15-16H,4,10-14H2,1-3H3,(H,23,24,25). The molecule has 1 fully saturated rings. The zero-order valence-electron chi connectivity index (χ0n) is 17.0. The highest BCUT2D eigenvalue weighted by Crippen LogP contribution is 2.36. The fraction of sp³-hybridized carbons (Fsp3) is 0.455. The molecule has 0 aliphatic carbocycles. The molecule has 1 aliphatic rings. The van der Waals surface area contributed by atoms with Crippen molar-refractivity contribution in [2.24, 2.45) is 0 Å². The third-order valence-corrected chi connectivity index (χ3v) is 6.54. The molecule has 28 heavy (non-hydrogen) atoms. The van der Waals surface area contributed by atoms with Crippen molar-refractivity contribution >= 4 is 27.4 Å². The lowest BCUT2D eigenvalue weighted by atomic mass is 10.1. The van der Waals surface area contributed by atoms with Crippen LogP contribution < -0.4 is 5.32 Å². The van der Waals surface area contributed by atoms with E-state index in [1.165, 1.54) is 24.2 Å². The van der Waals surface area contributed by atoms with Gasteiger partial charge in [0, 0.05) is 49.7 Å². The van der Waals surface area contributed by atoms with Crippen LogP contribution in [-0.2, 0) is 0 Å². The number of nitrogens with zero attached hydrogens (tertiary/aromatic N) is 4. The number of thiophene rings is 1. The molecule has 148 valence electrons. The molecule has 0 bridgehead atoms. The third-order valence-electron chi connectivity index (χ3n) is 5.67. The maximum atomic E-state index is 4.76. The lowest BCUT2D eigenvalue weighted by Crippen LogP contribution is -2.51. The normalized spacial score (nSPS) is 17.1. The highest BCUT2D eigenvalue weighted by atomic mass is 32.1. The number of likely N-dealkylation sites (N-methyl/N-ethyl adjacent to an activating group) is 1. The summed E-state index contributed by atoms with van der Waals surface area (Å²) in [7, 11) is 0. The number of hydrogen-bond acceptors (Lipinski definition) is 6. The van der Waals surface area contributed by atoms with E-state index in [0.29, 0.717) is 6.04 Å². The number of benzene rings is 1. The summed E-state index contributed by atoms with van der Waals surface area (Å²) >= 11 is 1.70. The molecule has 3 aromatic rings. The Balaban J connectivity index is 1.54. The summed E-state index contributed by atoms with van der Waals surface area (Å²) in [5, 5.41) is 6.99. The molecule has 1 N–H and O–H groups in total. The minimum Gasteiger partial charge on any atom is -0.368 e. The molecule has 4 rings (SSSR count). The van der Waals surface area contributed by atoms with Crippen molar-refractivity contribution in [1.29, 1.82) is 0 Å². The van der Waals surface area contributed by atoms with Crippen LogP contribution in [0.25, 0.3) is 21.3 Å². The summed E-state index contributed by atoms with van der Waals surface area (Å²) in [6.45, 7) is 13.2. The van der Waals surface area contributed by atoms with E-state index in [1.807, 2.05) is 6.92 Å². The van der Waals surface area contributed by atoms with Crippen molar-refractivity contribution < 1.29 is 0 Å². The van der Waals surface area contributed by atoms with Gasteiger partial charge in [-0.05, 0) is 26.0 Å². The van der Waals surface area contributed by atoms with E-state index in [1.54, 1.807) is 11.3 Å². The summed E-state index contributed by atoms with van der Waals surface area (Å²) in [6.07, 6.45) is 0. The largest absolute Gasteiger partial charge is 0.368 e. The first-order valence-electron chi connectivity index (χ1n) is 10.2. The Hall–Kier alpha value is -2.02. The van der Waals surface area contributed by atoms with Gasteiger partial charge in [-0.1, -0.05) is 37.3 Å². The zero-order valence-corrected chi connectivity index (χ0v) is 17.8. The predicted molar refractivity (Wildman–Crippen MR) is 119 cm³/mol. The van der Waals surface area contributed by atoms with E-state index >= 15 is 0 Å². The van der Waals surface area contributed by atoms with Crippen LogP contribution in [0.4, 0.5) is 5.82 Å². The molecule has 0 radical (unpaired) electrons. The second-order valence-electron chi connectivity index (χ2n) is 7.52. The van der Waals surface area contributed by atoms with Crippen LogP contribution in [0.5, 0.6) is 0 Å². The van der Waals surface area contributed by atoms with Crippen LogP contribution in [0.15, 0.2) is 35.7 Å². The lowest BCUT2D eigenvalue weighted by molar-refractivity contribution is 0.110. The van der Waals surface area contributed by atoms with Crippen LogP contribution in [0, 0.1) is 6.92 Å². The Morgan fingerprint density at radius 1 is 1.11 bits per heavy atom. The molecule has 0 spiro atoms. The molecule has 2 aromatic heterocycles. The van der Waals surface area contributed by atoms with Crippen LogP contribution >= 0.6 is 11.3 Å². The first kappa shape index (κ1) is 19.3. The number of anilines is 1. The average Bonchev–Trinajstić information content (AvgIpc) is 3.16. The Labute approximate surface area is 171 Å². The van der Waals surface area contributed by atoms with Gasteiger partial charge in [-0.2, -0.15) is 0 Å². The fourth-order valence-electron chi connectivity index (χ4n) is 3.90. The summed E-state index contributed by atoms with van der Waals surface area (Å²) < 4.78 is 0. The van der Waals surface area contributed by atoms with Crippen molar-refractivity contribution in [3.05, 3.63) is 41.5 Å². The van der Waals surface area contributed by atoms with Crippen molar-refractivity contribution in [3.63, 3.8) is 0 Å². The number of hydrogen-bond donors (Lipinski definition) is 1. The van der Waals surface area contributed by atoms with Crippen LogP contribution in [-0.4, -0.2) is 65.1 Å². The first-order chi connectivity index (χ1) is 13.7. The van der Waals surface area contributed by atoms with Crippen LogP contribution in [0.1, 0.15) is 19.7 Å². The molecule has 0 saturated carbocycles. The minimum atomic E-state index is 0.475. The summed E-state index contributed by atoms with van der Waals surface area (Å²) in [5.74, 6) is 1.78. The predicted octanol–water partition coefficient (Wildman–Crippen LogP) is 4.10. The summed E-state index contributed by atoms with van der Waals surface area (Å²) in [5.41, 5.74) is 2.43. The number of rotatable bonds is 6. The lowest BCUT2D eigenvalue weighted by Gasteiger charge is -2.37. The Morgan fingerprint density at radius 2 is 1.86 bits per heavy atom. The highest BCUT2D eigenvalue weighted by Gasteiger charge is 2.21. The molecule has 5 nitrogen and oxygen atoms in total. The maximum absolute atomic E-state index is 4.76. The average molecular weight is 396 g/mol. The second-order valence-corrected chi connectivity index (χ2v) is 8.37. The van der Waals surface area contributed by atoms with E-state index in [0.717, 1.165) is 48.0 Å². The summed E-state index contributed by atoms with van der Waals surface area (Å²) in [6, 6.07) is 11.0. The Morgan fingerprint density at radius 3 is 2.57 bits per heavy atom. The summed E-state index contributed by atoms with van der Waals surface area (Å²) in [4.78, 5) is 15.6. The number of fused-ring (bicyclic) bond motifs is 1. The molecular weight excluding hydrogens is 366 g/mol. The van der Waals surface area contributed by atoms with Gasteiger partial charge in [0.15, 0.2) is 0 Å². The molecule has 1 atom stereocenters. The smallest absolute Gasteiger partial charge is 0.139 e. The van der Waals surface area contributed by atoms with Gasteiger partial charge in [-0.3, -0.25) is 4.90 Å². The molecule has 1 unspecified atom stereocenters. The van der Waals surface area contributed by atoms with E-state index < -0.39 is 0 Å². The Bertz CT molecular complexity index is 915. The molecule has 1 aromatic carbocycles. The van der Waals surface area contributed by atoms with E-state index in [-0.39, 0.29) is 0 Å². The van der Waals surface area contributed by atoms with Crippen LogP contribution in [0.2, 0.25) is 0 Å². The second kappa shape index (κ2) is 8.55. The van der Waals surface area contributed by atoms with E-state index in [4.69, 9.17) is 4.98 Å². The number of nitrogens with one attached hydrogen (secondary N) is 1. The van der Waals surface area contributed by atoms with Crippen molar-refractivity contribution in [1.82, 2.24) is 19.8 Å². The maximum Gasteiger partial charge on any atom is 0.139 e. The van der Waals surface area contributed by atoms with Gasteiger partial charge in [-0.15, -0.1) is 11.3 Å². The zero-order chi connectivity index (χ0) is 19.5. The highest BCUT2D eigenvalue weighted by molar-refractivity contribution is 7.17. The van der Waals surface area contributed by atoms with Crippen molar-refractivity contribution in [3.8, 4) is 11.1 Å². The molecule has 6 heteroatoms. The van der Waals surface area contributed by atoms with Gasteiger partial charge < -0.3 is 10.2 Å². The molecular formula is C22H29N5S. The van der Waals surface area contributed by atoms with Crippen LogP contribution in [0.3, 0.4) is 0 Å². The monoisotopic (exact) mass is 395 g/mol. The topological polar surface area (TPSA) is 44.3 Å². The SMILES string of the molecule is CCN1CCN(C(C)CNc2nc(C)nc3scc(-c4ccccc4)c23)CC1. The Kier molecular flexibility index (Phi) is 5.90. The van der Waals surface area contributed by atoms with Crippen molar-refractivity contribution in [2.45, 2.75) is 26.8 Å². The quantitative estimate of drug-likeness (QED) is 0.681. The van der Waals surface area contributed by atoms with Gasteiger partial charge in [0.05, 0.1) is 5.39 Å². The minimum absolute atomic E-state index is 0.475.